The van der Waals surface area contributed by atoms with E-state index >= 15 is 0 Å². The first-order chi connectivity index (χ1) is 10.3. The van der Waals surface area contributed by atoms with E-state index in [1.807, 2.05) is 0 Å². The molecule has 1 saturated heterocycles. The third kappa shape index (κ3) is 4.67. The fraction of sp³-hybridized carbons (Fsp3) is 1.00. The van der Waals surface area contributed by atoms with Crippen molar-refractivity contribution in [2.45, 2.75) is 70.4 Å². The fourth-order valence-corrected chi connectivity index (χ4v) is 4.67. The summed E-state index contributed by atoms with van der Waals surface area (Å²) in [5, 5.41) is 3.81. The molecule has 2 atom stereocenters. The van der Waals surface area contributed by atoms with Crippen LogP contribution in [0.1, 0.15) is 58.3 Å². The number of hydrogen-bond acceptors (Lipinski definition) is 3. The van der Waals surface area contributed by atoms with Gasteiger partial charge in [-0.25, -0.2) is 0 Å². The van der Waals surface area contributed by atoms with Crippen molar-refractivity contribution in [2.75, 3.05) is 39.3 Å². The zero-order chi connectivity index (χ0) is 14.5. The summed E-state index contributed by atoms with van der Waals surface area (Å²) in [5.41, 5.74) is 0. The van der Waals surface area contributed by atoms with E-state index in [4.69, 9.17) is 0 Å². The van der Waals surface area contributed by atoms with E-state index < -0.39 is 0 Å². The summed E-state index contributed by atoms with van der Waals surface area (Å²) in [6.45, 7) is 10.1. The van der Waals surface area contributed by atoms with Crippen LogP contribution in [0.3, 0.4) is 0 Å². The van der Waals surface area contributed by atoms with E-state index in [0.717, 1.165) is 18.0 Å². The maximum Gasteiger partial charge on any atom is 0.0113 e. The molecule has 21 heavy (non-hydrogen) atoms. The third-order valence-corrected chi connectivity index (χ3v) is 6.05. The Morgan fingerprint density at radius 1 is 0.905 bits per heavy atom. The zero-order valence-electron chi connectivity index (χ0n) is 14.0. The molecule has 0 amide bonds. The monoisotopic (exact) mass is 293 g/mol. The van der Waals surface area contributed by atoms with Gasteiger partial charge in [0.15, 0.2) is 0 Å². The van der Waals surface area contributed by atoms with Crippen molar-refractivity contribution in [3.63, 3.8) is 0 Å². The summed E-state index contributed by atoms with van der Waals surface area (Å²) in [6, 6.07) is 1.72. The van der Waals surface area contributed by atoms with Gasteiger partial charge < -0.3 is 5.32 Å². The molecule has 1 heterocycles. The minimum atomic E-state index is 0.800. The molecule has 0 aromatic rings. The lowest BCUT2D eigenvalue weighted by Gasteiger charge is -2.38. The van der Waals surface area contributed by atoms with Crippen molar-refractivity contribution in [2.24, 2.45) is 5.92 Å². The van der Waals surface area contributed by atoms with E-state index in [-0.39, 0.29) is 0 Å². The molecule has 2 aliphatic carbocycles. The fourth-order valence-electron chi connectivity index (χ4n) is 4.67. The van der Waals surface area contributed by atoms with Crippen molar-refractivity contribution >= 4 is 0 Å². The van der Waals surface area contributed by atoms with Crippen LogP contribution in [0.2, 0.25) is 0 Å². The molecule has 1 aliphatic heterocycles. The highest BCUT2D eigenvalue weighted by molar-refractivity contribution is 4.82. The molecule has 0 bridgehead atoms. The second-order valence-corrected chi connectivity index (χ2v) is 7.74. The largest absolute Gasteiger partial charge is 0.313 e. The summed E-state index contributed by atoms with van der Waals surface area (Å²) in [6.07, 6.45) is 11.5. The average molecular weight is 293 g/mol. The highest BCUT2D eigenvalue weighted by Crippen LogP contribution is 2.24. The first kappa shape index (κ1) is 15.8. The number of hydrogen-bond donors (Lipinski definition) is 1. The van der Waals surface area contributed by atoms with Crippen LogP contribution in [-0.2, 0) is 0 Å². The lowest BCUT2D eigenvalue weighted by Crippen LogP contribution is -2.51. The van der Waals surface area contributed by atoms with Gasteiger partial charge in [0, 0.05) is 51.4 Å². The Hall–Kier alpha value is -0.120. The van der Waals surface area contributed by atoms with Gasteiger partial charge in [-0.2, -0.15) is 0 Å². The van der Waals surface area contributed by atoms with Gasteiger partial charge in [-0.15, -0.1) is 0 Å². The van der Waals surface area contributed by atoms with Gasteiger partial charge in [-0.3, -0.25) is 9.80 Å². The van der Waals surface area contributed by atoms with Gasteiger partial charge in [0.2, 0.25) is 0 Å². The molecule has 3 heteroatoms. The molecular formula is C18H35N3. The van der Waals surface area contributed by atoms with Gasteiger partial charge in [-0.05, 0) is 31.6 Å². The second kappa shape index (κ2) is 7.94. The van der Waals surface area contributed by atoms with Gasteiger partial charge in [0.05, 0.1) is 0 Å². The van der Waals surface area contributed by atoms with E-state index in [9.17, 15) is 0 Å². The Morgan fingerprint density at radius 2 is 1.67 bits per heavy atom. The van der Waals surface area contributed by atoms with E-state index in [0.29, 0.717) is 0 Å². The highest BCUT2D eigenvalue weighted by atomic mass is 15.3. The quantitative estimate of drug-likeness (QED) is 0.841. The summed E-state index contributed by atoms with van der Waals surface area (Å²) in [7, 11) is 0. The minimum absolute atomic E-state index is 0.800. The Balaban J connectivity index is 1.28. The van der Waals surface area contributed by atoms with Crippen LogP contribution < -0.4 is 5.32 Å². The van der Waals surface area contributed by atoms with Crippen LogP contribution in [0.5, 0.6) is 0 Å². The lowest BCUT2D eigenvalue weighted by molar-refractivity contribution is 0.0973. The number of nitrogens with zero attached hydrogens (tertiary/aromatic N) is 2. The number of piperazine rings is 1. The number of nitrogens with one attached hydrogen (secondary N) is 1. The molecule has 3 fully saturated rings. The van der Waals surface area contributed by atoms with Crippen LogP contribution >= 0.6 is 0 Å². The van der Waals surface area contributed by atoms with Crippen LogP contribution in [0.15, 0.2) is 0 Å². The standard InChI is InChI=1S/C18H35N3/c1-16-5-4-6-17(15-16)19-9-10-20-11-13-21(14-12-20)18-7-2-3-8-18/h16-19H,2-15H2,1H3. The molecule has 0 aromatic heterocycles. The molecule has 3 aliphatic rings. The van der Waals surface area contributed by atoms with Crippen LogP contribution in [-0.4, -0.2) is 61.2 Å². The number of rotatable bonds is 5. The van der Waals surface area contributed by atoms with E-state index in [2.05, 4.69) is 22.0 Å². The summed E-state index contributed by atoms with van der Waals surface area (Å²) in [5.74, 6) is 0.936. The second-order valence-electron chi connectivity index (χ2n) is 7.74. The van der Waals surface area contributed by atoms with Crippen molar-refractivity contribution in [3.05, 3.63) is 0 Å². The van der Waals surface area contributed by atoms with Crippen molar-refractivity contribution in [1.29, 1.82) is 0 Å². The Labute approximate surface area is 131 Å². The topological polar surface area (TPSA) is 18.5 Å². The first-order valence-electron chi connectivity index (χ1n) is 9.51. The van der Waals surface area contributed by atoms with Crippen LogP contribution in [0, 0.1) is 5.92 Å². The molecule has 0 spiro atoms. The summed E-state index contributed by atoms with van der Waals surface area (Å²) >= 11 is 0. The Kier molecular flexibility index (Phi) is 5.96. The maximum atomic E-state index is 3.81. The molecule has 2 unspecified atom stereocenters. The molecule has 0 radical (unpaired) electrons. The normalized spacial score (nSPS) is 33.6. The molecule has 2 saturated carbocycles. The van der Waals surface area contributed by atoms with Crippen LogP contribution in [0.4, 0.5) is 0 Å². The van der Waals surface area contributed by atoms with E-state index in [1.165, 1.54) is 90.6 Å². The van der Waals surface area contributed by atoms with Gasteiger partial charge >= 0.3 is 0 Å². The molecular weight excluding hydrogens is 258 g/mol. The smallest absolute Gasteiger partial charge is 0.0113 e. The van der Waals surface area contributed by atoms with Gasteiger partial charge in [0.25, 0.3) is 0 Å². The van der Waals surface area contributed by atoms with E-state index in [1.54, 1.807) is 0 Å². The summed E-state index contributed by atoms with van der Waals surface area (Å²) in [4.78, 5) is 5.43. The third-order valence-electron chi connectivity index (χ3n) is 6.05. The minimum Gasteiger partial charge on any atom is -0.313 e. The lowest BCUT2D eigenvalue weighted by atomic mass is 9.87. The highest BCUT2D eigenvalue weighted by Gasteiger charge is 2.26. The molecule has 0 aromatic carbocycles. The Bertz CT molecular complexity index is 293. The predicted molar refractivity (Wildman–Crippen MR) is 89.7 cm³/mol. The predicted octanol–water partition coefficient (Wildman–Crippen LogP) is 2.71. The SMILES string of the molecule is CC1CCCC(NCCN2CCN(C3CCCC3)CC2)C1. The molecule has 122 valence electrons. The molecule has 1 N–H and O–H groups in total. The summed E-state index contributed by atoms with van der Waals surface area (Å²) < 4.78 is 0. The van der Waals surface area contributed by atoms with Crippen molar-refractivity contribution in [3.8, 4) is 0 Å². The molecule has 3 rings (SSSR count). The zero-order valence-corrected chi connectivity index (χ0v) is 14.0. The van der Waals surface area contributed by atoms with Gasteiger partial charge in [0.1, 0.15) is 0 Å². The maximum absolute atomic E-state index is 3.81. The first-order valence-corrected chi connectivity index (χ1v) is 9.51. The van der Waals surface area contributed by atoms with Crippen LogP contribution in [0.25, 0.3) is 0 Å². The Morgan fingerprint density at radius 3 is 2.38 bits per heavy atom. The average Bonchev–Trinajstić information content (AvgIpc) is 3.02. The van der Waals surface area contributed by atoms with Crippen molar-refractivity contribution in [1.82, 2.24) is 15.1 Å². The molecule has 3 nitrogen and oxygen atoms in total. The van der Waals surface area contributed by atoms with Crippen molar-refractivity contribution < 1.29 is 0 Å². The van der Waals surface area contributed by atoms with Gasteiger partial charge in [-0.1, -0.05) is 32.6 Å².